The molecule has 8 heteroatoms. The third-order valence-electron chi connectivity index (χ3n) is 6.51. The summed E-state index contributed by atoms with van der Waals surface area (Å²) < 4.78 is 13.1. The molecule has 33 heavy (non-hydrogen) atoms. The van der Waals surface area contributed by atoms with Crippen molar-refractivity contribution in [2.75, 3.05) is 18.6 Å². The van der Waals surface area contributed by atoms with E-state index in [0.29, 0.717) is 12.1 Å². The molecule has 0 bridgehead atoms. The minimum absolute atomic E-state index is 0.0245. The molecule has 1 spiro atoms. The second kappa shape index (κ2) is 7.44. The Bertz CT molecular complexity index is 1310. The average Bonchev–Trinajstić information content (AvgIpc) is 3.37. The molecule has 5 rings (SSSR count). The van der Waals surface area contributed by atoms with Crippen LogP contribution in [0.2, 0.25) is 0 Å². The summed E-state index contributed by atoms with van der Waals surface area (Å²) in [5.74, 6) is 0.905. The zero-order chi connectivity index (χ0) is 23.7. The Morgan fingerprint density at radius 2 is 2.00 bits per heavy atom. The van der Waals surface area contributed by atoms with Gasteiger partial charge in [0.2, 0.25) is 5.91 Å². The summed E-state index contributed by atoms with van der Waals surface area (Å²) in [6, 6.07) is 11.9. The number of likely N-dealkylation sites (N-methyl/N-ethyl adjacent to an activating group) is 1. The first-order chi connectivity index (χ1) is 15.6. The van der Waals surface area contributed by atoms with Gasteiger partial charge in [0.15, 0.2) is 0 Å². The second-order valence-corrected chi connectivity index (χ2v) is 10.6. The molecule has 2 aromatic carbocycles. The molecule has 1 amide bonds. The fourth-order valence-corrected chi connectivity index (χ4v) is 5.64. The third-order valence-corrected chi connectivity index (χ3v) is 7.30. The highest BCUT2D eigenvalue weighted by atomic mass is 127. The molecule has 1 aliphatic carbocycles. The lowest BCUT2D eigenvalue weighted by molar-refractivity contribution is -0.120. The van der Waals surface area contributed by atoms with E-state index in [2.05, 4.69) is 27.7 Å². The van der Waals surface area contributed by atoms with E-state index in [1.807, 2.05) is 69.0 Å². The van der Waals surface area contributed by atoms with Crippen molar-refractivity contribution < 1.29 is 19.1 Å². The molecule has 0 radical (unpaired) electrons. The molecule has 2 heterocycles. The van der Waals surface area contributed by atoms with Crippen molar-refractivity contribution in [1.29, 1.82) is 0 Å². The molecule has 1 saturated carbocycles. The summed E-state index contributed by atoms with van der Waals surface area (Å²) in [5, 5.41) is 5.30. The van der Waals surface area contributed by atoms with E-state index in [1.54, 1.807) is 7.11 Å². The van der Waals surface area contributed by atoms with Gasteiger partial charge in [-0.25, -0.2) is 4.79 Å². The van der Waals surface area contributed by atoms with Gasteiger partial charge in [0.1, 0.15) is 15.1 Å². The minimum Gasteiger partial charge on any atom is -0.497 e. The van der Waals surface area contributed by atoms with Crippen molar-refractivity contribution in [3.63, 3.8) is 0 Å². The van der Waals surface area contributed by atoms with Gasteiger partial charge >= 0.3 is 6.09 Å². The number of benzene rings is 2. The molecule has 1 aromatic heterocycles. The molecule has 7 nitrogen and oxygen atoms in total. The third kappa shape index (κ3) is 3.33. The van der Waals surface area contributed by atoms with Crippen molar-refractivity contribution in [2.24, 2.45) is 0 Å². The molecule has 1 aliphatic heterocycles. The molecule has 0 N–H and O–H groups in total. The number of halogens is 1. The molecule has 1 fully saturated rings. The summed E-state index contributed by atoms with van der Waals surface area (Å²) in [4.78, 5) is 28.2. The van der Waals surface area contributed by atoms with Gasteiger partial charge in [-0.2, -0.15) is 9.78 Å². The van der Waals surface area contributed by atoms with E-state index in [-0.39, 0.29) is 11.8 Å². The number of fused-ring (bicyclic) bond motifs is 3. The number of anilines is 1. The Balaban J connectivity index is 1.58. The van der Waals surface area contributed by atoms with Crippen LogP contribution >= 0.6 is 22.6 Å². The Morgan fingerprint density at radius 3 is 2.67 bits per heavy atom. The van der Waals surface area contributed by atoms with E-state index in [4.69, 9.17) is 9.47 Å². The monoisotopic (exact) mass is 559 g/mol. The Hall–Kier alpha value is -2.62. The molecule has 2 aliphatic rings. The van der Waals surface area contributed by atoms with Crippen molar-refractivity contribution in [3.8, 4) is 5.75 Å². The van der Waals surface area contributed by atoms with Crippen LogP contribution in [0.4, 0.5) is 10.5 Å². The van der Waals surface area contributed by atoms with Gasteiger partial charge in [-0.15, -0.1) is 0 Å². The predicted molar refractivity (Wildman–Crippen MR) is 134 cm³/mol. The SMILES string of the molecule is CCN1C(=O)[C@@]2(C[C@H]2c2ccc3c(I)nn(C(=O)OC(C)(C)C)c3c2)c2cc(OC)ccc21. The Kier molecular flexibility index (Phi) is 5.00. The summed E-state index contributed by atoms with van der Waals surface area (Å²) >= 11 is 2.13. The van der Waals surface area contributed by atoms with Crippen molar-refractivity contribution in [1.82, 2.24) is 9.78 Å². The number of hydrogen-bond acceptors (Lipinski definition) is 5. The van der Waals surface area contributed by atoms with E-state index in [9.17, 15) is 9.59 Å². The highest BCUT2D eigenvalue weighted by Gasteiger charge is 2.67. The van der Waals surface area contributed by atoms with Gasteiger partial charge in [-0.05, 0) is 98.2 Å². The highest BCUT2D eigenvalue weighted by Crippen LogP contribution is 2.66. The summed E-state index contributed by atoms with van der Waals surface area (Å²) in [5.41, 5.74) is 2.48. The highest BCUT2D eigenvalue weighted by molar-refractivity contribution is 14.1. The Labute approximate surface area is 206 Å². The number of carbonyl (C=O) groups excluding carboxylic acids is 2. The molecule has 2 atom stereocenters. The summed E-state index contributed by atoms with van der Waals surface area (Å²) in [6.45, 7) is 8.11. The zero-order valence-corrected chi connectivity index (χ0v) is 21.5. The van der Waals surface area contributed by atoms with E-state index in [1.165, 1.54) is 4.68 Å². The van der Waals surface area contributed by atoms with Crippen LogP contribution in [0.3, 0.4) is 0 Å². The quantitative estimate of drug-likeness (QED) is 0.412. The number of ether oxygens (including phenoxy) is 2. The predicted octanol–water partition coefficient (Wildman–Crippen LogP) is 5.22. The lowest BCUT2D eigenvalue weighted by atomic mass is 9.91. The van der Waals surface area contributed by atoms with Gasteiger partial charge < -0.3 is 14.4 Å². The number of hydrogen-bond donors (Lipinski definition) is 0. The lowest BCUT2D eigenvalue weighted by Gasteiger charge is -2.19. The first-order valence-electron chi connectivity index (χ1n) is 11.0. The molecule has 3 aromatic rings. The van der Waals surface area contributed by atoms with E-state index in [0.717, 1.165) is 38.1 Å². The maximum Gasteiger partial charge on any atom is 0.435 e. The molecule has 0 unspecified atom stereocenters. The Morgan fingerprint density at radius 1 is 1.24 bits per heavy atom. The van der Waals surface area contributed by atoms with Crippen LogP contribution in [0.15, 0.2) is 36.4 Å². The van der Waals surface area contributed by atoms with Crippen LogP contribution < -0.4 is 9.64 Å². The van der Waals surface area contributed by atoms with Crippen LogP contribution in [0, 0.1) is 3.70 Å². The van der Waals surface area contributed by atoms with Gasteiger partial charge in [0, 0.05) is 23.5 Å². The van der Waals surface area contributed by atoms with Crippen LogP contribution in [-0.2, 0) is 14.9 Å². The maximum absolute atomic E-state index is 13.6. The molecule has 172 valence electrons. The van der Waals surface area contributed by atoms with Gasteiger partial charge in [-0.3, -0.25) is 4.79 Å². The number of aromatic nitrogens is 2. The number of carbonyl (C=O) groups is 2. The van der Waals surface area contributed by atoms with Crippen LogP contribution in [0.25, 0.3) is 10.9 Å². The average molecular weight is 559 g/mol. The fourth-order valence-electron chi connectivity index (χ4n) is 4.97. The molecular formula is C25H26IN3O4. The number of methoxy groups -OCH3 is 1. The number of rotatable bonds is 3. The maximum atomic E-state index is 13.6. The molecule has 0 saturated heterocycles. The van der Waals surface area contributed by atoms with Crippen molar-refractivity contribution in [2.45, 2.75) is 51.0 Å². The summed E-state index contributed by atoms with van der Waals surface area (Å²) in [6.07, 6.45) is 0.216. The fraction of sp³-hybridized carbons (Fsp3) is 0.400. The van der Waals surface area contributed by atoms with Crippen molar-refractivity contribution in [3.05, 3.63) is 51.2 Å². The number of amides is 1. The van der Waals surface area contributed by atoms with Gasteiger partial charge in [0.05, 0.1) is 18.0 Å². The summed E-state index contributed by atoms with van der Waals surface area (Å²) in [7, 11) is 1.64. The van der Waals surface area contributed by atoms with E-state index >= 15 is 0 Å². The first-order valence-corrected chi connectivity index (χ1v) is 12.1. The van der Waals surface area contributed by atoms with Crippen molar-refractivity contribution >= 4 is 51.2 Å². The molecular weight excluding hydrogens is 533 g/mol. The topological polar surface area (TPSA) is 73.7 Å². The lowest BCUT2D eigenvalue weighted by Crippen LogP contribution is -2.32. The van der Waals surface area contributed by atoms with Gasteiger partial charge in [0.25, 0.3) is 0 Å². The largest absolute Gasteiger partial charge is 0.497 e. The van der Waals surface area contributed by atoms with Crippen LogP contribution in [0.5, 0.6) is 5.75 Å². The first kappa shape index (κ1) is 22.2. The second-order valence-electron chi connectivity index (χ2n) is 9.62. The van der Waals surface area contributed by atoms with Crippen LogP contribution in [0.1, 0.15) is 51.2 Å². The van der Waals surface area contributed by atoms with E-state index < -0.39 is 17.1 Å². The standard InChI is InChI=1S/C25H26IN3O4/c1-6-28-19-10-8-15(32-5)12-17(19)25(22(28)30)13-18(25)14-7-9-16-20(11-14)29(27-21(16)26)23(31)33-24(2,3)4/h7-12,18H,6,13H2,1-5H3/t18-,25-/m0/s1. The smallest absolute Gasteiger partial charge is 0.435 e. The minimum atomic E-state index is -0.623. The number of nitrogens with zero attached hydrogens (tertiary/aromatic N) is 3. The van der Waals surface area contributed by atoms with Crippen LogP contribution in [-0.4, -0.2) is 41.0 Å². The zero-order valence-electron chi connectivity index (χ0n) is 19.3. The normalized spacial score (nSPS) is 21.6. The van der Waals surface area contributed by atoms with Gasteiger partial charge in [-0.1, -0.05) is 6.07 Å².